The van der Waals surface area contributed by atoms with E-state index in [0.29, 0.717) is 25.0 Å². The van der Waals surface area contributed by atoms with E-state index in [1.807, 2.05) is 10.6 Å². The molecule has 5 aliphatic rings. The minimum atomic E-state index is -4.14. The second kappa shape index (κ2) is 43.7. The van der Waals surface area contributed by atoms with Crippen LogP contribution in [0.1, 0.15) is 136 Å². The van der Waals surface area contributed by atoms with E-state index in [0.717, 1.165) is 136 Å². The highest BCUT2D eigenvalue weighted by molar-refractivity contribution is 7.91. The topological polar surface area (TPSA) is 699 Å². The van der Waals surface area contributed by atoms with Gasteiger partial charge in [-0.2, -0.15) is 0 Å². The van der Waals surface area contributed by atoms with Crippen molar-refractivity contribution in [3.63, 3.8) is 0 Å². The molecule has 0 saturated carbocycles. The van der Waals surface area contributed by atoms with E-state index >= 15 is 13.2 Å². The third-order valence-electron chi connectivity index (χ3n) is 21.9. The number of guanidine groups is 5. The first-order chi connectivity index (χ1) is 75.6. The third-order valence-corrected chi connectivity index (χ3v) is 31.6. The zero-order valence-corrected chi connectivity index (χ0v) is 82.5. The quantitative estimate of drug-likeness (QED) is 0.0379. The lowest BCUT2D eigenvalue weighted by atomic mass is 9.92. The average Bonchev–Trinajstić information content (AvgIpc) is 0.744. The van der Waals surface area contributed by atoms with Crippen molar-refractivity contribution in [2.75, 3.05) is 126 Å². The number of halogens is 10. The van der Waals surface area contributed by atoms with E-state index in [1.165, 1.54) is 53.1 Å². The molecule has 0 radical (unpaired) electrons. The highest BCUT2D eigenvalue weighted by atomic mass is 32.2. The summed E-state index contributed by atoms with van der Waals surface area (Å²) in [5, 5.41) is 11.0. The Bertz CT molecular complexity index is 8060. The van der Waals surface area contributed by atoms with Crippen LogP contribution in [0.3, 0.4) is 0 Å². The van der Waals surface area contributed by atoms with Crippen LogP contribution in [-0.2, 0) is 77.8 Å². The van der Waals surface area contributed by atoms with Crippen molar-refractivity contribution in [2.45, 2.75) is 62.3 Å². The summed E-state index contributed by atoms with van der Waals surface area (Å²) in [5.74, 6) is -25.7. The Hall–Kier alpha value is -16.8. The summed E-state index contributed by atoms with van der Waals surface area (Å²) >= 11 is 0. The molecule has 15 rings (SSSR count). The molecule has 0 bridgehead atoms. The van der Waals surface area contributed by atoms with Gasteiger partial charge < -0.3 is 78.9 Å². The fraction of sp³-hybridized carbons (Fsp3) is 0.294. The number of sulfonamides is 5. The molecule has 0 aliphatic carbocycles. The molecule has 12 heterocycles. The third kappa shape index (κ3) is 24.5. The number of aromatic nitrogens is 10. The number of carbonyl (C=O) groups excluding carboxylic acids is 5. The van der Waals surface area contributed by atoms with E-state index < -0.39 is 293 Å². The number of methoxy groups -OCH3 is 5. The number of ether oxygens (including phenoxy) is 5. The number of pyridine rings is 4. The molecule has 5 aliphatic heterocycles. The van der Waals surface area contributed by atoms with Gasteiger partial charge in [0.15, 0.2) is 40.7 Å². The van der Waals surface area contributed by atoms with Crippen molar-refractivity contribution in [1.82, 2.24) is 71.4 Å². The normalized spacial score (nSPS) is 22.3. The van der Waals surface area contributed by atoms with E-state index in [9.17, 15) is 96.8 Å². The number of nitrogens with one attached hydrogen (secondary N) is 5. The Morgan fingerprint density at radius 2 is 0.573 bits per heavy atom. The van der Waals surface area contributed by atoms with E-state index in [-0.39, 0.29) is 81.0 Å². The van der Waals surface area contributed by atoms with Crippen molar-refractivity contribution in [2.24, 2.45) is 53.6 Å². The Labute approximate surface area is 868 Å². The van der Waals surface area contributed by atoms with Crippen molar-refractivity contribution in [1.29, 1.82) is 0 Å². The van der Waals surface area contributed by atoms with Gasteiger partial charge in [-0.1, -0.05) is 0 Å². The number of hydrogen-bond acceptors (Lipinski definition) is 40. The summed E-state index contributed by atoms with van der Waals surface area (Å²) in [7, 11) is -27.9. The van der Waals surface area contributed by atoms with Crippen LogP contribution in [0.25, 0.3) is 0 Å². The largest absolute Gasteiger partial charge is 0.495 e. The molecule has 5 amide bonds. The lowest BCUT2D eigenvalue weighted by Crippen LogP contribution is -2.51. The maximum Gasteiger partial charge on any atom is 0.277 e. The van der Waals surface area contributed by atoms with Gasteiger partial charge in [0, 0.05) is 47.4 Å². The van der Waals surface area contributed by atoms with E-state index in [4.69, 9.17) is 49.2 Å². The van der Waals surface area contributed by atoms with Gasteiger partial charge in [-0.3, -0.25) is 24.0 Å². The molecule has 0 saturated heterocycles. The van der Waals surface area contributed by atoms with Gasteiger partial charge in [0.25, 0.3) is 29.5 Å². The van der Waals surface area contributed by atoms with Crippen LogP contribution in [0.15, 0.2) is 147 Å². The standard InChI is InChI=1S/C18H18F3N5O4S.C17H17F3N6O4S.C17H18F2N6O4S.C17H19FN6O4S.C16H18FN7O4S/c1-18(8-31(28,29)26(2)17(22)25-18)13-14(20)10(19)6-12(15(13)21)24-16(27)11-5-4-9(30-3)7-23-11;1-17(7-31(28,29)26(2)16(21)25-17)12-13(19)8(18)4-9(14(12)20)24-15(27)10-5-23-11(30-3)6-22-10;1-17(8-30(27,28)25(2)16(20)24-17)13-9(18)4-5-10(14(13)19)23-15(26)11-6-22-12(29-3)7-21-11;1-17(9-29(26,27)24(2)16(19)23-17)14-11(18)5-7-13(21-14)22-15(25)12-6-4-10(28-3)8-20-12;1-16(8-29(26,27)24(2)15(18)23-16)13-9(17)4-5-11(21-13)22-14(25)10-6-20-12(28-3)7-19-10/h4-7H,8H2,1-3H3,(H2,22,25)(H,24,27);4-6H,7H2,1-3H3,(H2,21,25)(H,24,27);4-7H,8H2,1-3H3,(H2,20,24)(H,23,26);4-8H,9H2,1-3H3,(H2,19,23)(H,21,22,25);4-7H,8H2,1-3H3,(H2,18,23)(H,21,22,25)/t18-;3*17-;16-/m00000/s1/i5*3D3. The first kappa shape index (κ1) is 93.1. The zero-order valence-electron chi connectivity index (χ0n) is 93.4. The van der Waals surface area contributed by atoms with Crippen LogP contribution in [0.5, 0.6) is 29.1 Å². The van der Waals surface area contributed by atoms with Crippen molar-refractivity contribution in [3.8, 4) is 29.1 Å². The van der Waals surface area contributed by atoms with Crippen molar-refractivity contribution < 1.29 is 154 Å². The predicted molar refractivity (Wildman–Crippen MR) is 517 cm³/mol. The maximum absolute atomic E-state index is 15.3. The van der Waals surface area contributed by atoms with Crippen molar-refractivity contribution >= 4 is 138 Å². The highest BCUT2D eigenvalue weighted by Crippen LogP contribution is 2.44. The molecule has 50 nitrogen and oxygen atoms in total. The minimum Gasteiger partial charge on any atom is -0.495 e. The van der Waals surface area contributed by atoms with Crippen LogP contribution < -0.4 is 78.9 Å². The molecule has 0 unspecified atom stereocenters. The van der Waals surface area contributed by atoms with E-state index in [1.54, 1.807) is 0 Å². The molecule has 150 heavy (non-hydrogen) atoms. The van der Waals surface area contributed by atoms with Gasteiger partial charge in [0.1, 0.15) is 120 Å². The molecule has 0 spiro atoms. The average molecular weight is 2220 g/mol. The molecule has 5 atom stereocenters. The molecule has 800 valence electrons. The Morgan fingerprint density at radius 1 is 0.307 bits per heavy atom. The Morgan fingerprint density at radius 3 is 0.867 bits per heavy atom. The molecule has 7 aromatic heterocycles. The van der Waals surface area contributed by atoms with Gasteiger partial charge in [-0.25, -0.2) is 182 Å². The van der Waals surface area contributed by atoms with Crippen molar-refractivity contribution in [3.05, 3.63) is 237 Å². The fourth-order valence-corrected chi connectivity index (χ4v) is 21.3. The maximum atomic E-state index is 15.3. The summed E-state index contributed by atoms with van der Waals surface area (Å²) < 4.78 is 403. The Balaban J connectivity index is 0.000000193. The molecule has 3 aromatic carbocycles. The Kier molecular flexibility index (Phi) is 27.1. The summed E-state index contributed by atoms with van der Waals surface area (Å²) in [6, 6.07) is 11.5. The number of hydrogen-bond donors (Lipinski definition) is 10. The van der Waals surface area contributed by atoms with Crippen LogP contribution in [0, 0.1) is 58.2 Å². The molecule has 0 fully saturated rings. The van der Waals surface area contributed by atoms with Crippen LogP contribution >= 0.6 is 0 Å². The summed E-state index contributed by atoms with van der Waals surface area (Å²) in [4.78, 5) is 120. The molecule has 65 heteroatoms. The zero-order chi connectivity index (χ0) is 124. The second-order valence-corrected chi connectivity index (χ2v) is 42.8. The SMILES string of the molecule is [2H]C([2H])([2H])Oc1ccc(C(=O)Nc2cc(F)c(F)c([C@]3(C)CS(=O)(=O)N(C)C(N)=N3)c2F)nc1.[2H]C([2H])([2H])Oc1ccc(C(=O)Nc2ccc(F)c([C@]3(C)CS(=O)(=O)N(C)C(N)=N3)n2)nc1.[2H]C([2H])([2H])Oc1cnc(C(=O)Nc2cc(F)c(F)c([C@]3(C)CS(=O)(=O)N(C)C(N)=N3)c2F)cn1.[2H]C([2H])([2H])Oc1cnc(C(=O)Nc2ccc(F)c([C@]3(C)CS(=O)(=O)N(C)C(N)=N3)c2F)cn1.[2H]C([2H])([2H])Oc1cnc(C(=O)Nc2ccc(F)c([C@]3(C)CS(=O)(=O)N(C)C(N)=N3)n2)cn1. The monoisotopic (exact) mass is 2220 g/mol. The van der Waals surface area contributed by atoms with E-state index in [2.05, 4.69) is 114 Å². The second-order valence-electron chi connectivity index (χ2n) is 32.8. The molecular weight excluding hydrogens is 2110 g/mol. The number of amides is 5. The lowest BCUT2D eigenvalue weighted by molar-refractivity contribution is 0.101. The first-order valence-corrected chi connectivity index (χ1v) is 49.3. The number of carbonyl (C=O) groups is 5. The number of aliphatic imine (C=N–C) groups is 5. The fourth-order valence-electron chi connectivity index (χ4n) is 14.2. The summed E-state index contributed by atoms with van der Waals surface area (Å²) in [6.07, 6.45) is 7.33. The van der Waals surface area contributed by atoms with Crippen LogP contribution in [-0.4, -0.2) is 272 Å². The number of rotatable bonds is 20. The van der Waals surface area contributed by atoms with Gasteiger partial charge >= 0.3 is 0 Å². The minimum absolute atomic E-state index is 0.0596. The first-order valence-electron chi connectivity index (χ1n) is 48.8. The summed E-state index contributed by atoms with van der Waals surface area (Å²) in [5.41, 5.74) is 11.7. The number of benzene rings is 3. The highest BCUT2D eigenvalue weighted by Gasteiger charge is 2.50. The number of nitrogens with zero attached hydrogens (tertiary/aromatic N) is 20. The van der Waals surface area contributed by atoms with Gasteiger partial charge in [-0.05, 0) is 95.3 Å². The molecule has 10 aromatic rings. The van der Waals surface area contributed by atoms with Gasteiger partial charge in [-0.15, -0.1) is 0 Å². The number of nitrogens with two attached hydrogens (primary N) is 5. The number of anilines is 5. The van der Waals surface area contributed by atoms with Gasteiger partial charge in [0.2, 0.25) is 97.6 Å². The smallest absolute Gasteiger partial charge is 0.277 e. The predicted octanol–water partition coefficient (Wildman–Crippen LogP) is 4.10. The molecule has 15 N–H and O–H groups in total. The van der Waals surface area contributed by atoms with Crippen LogP contribution in [0.4, 0.5) is 72.6 Å². The van der Waals surface area contributed by atoms with Crippen LogP contribution in [0.2, 0.25) is 0 Å². The van der Waals surface area contributed by atoms with Gasteiger partial charge in [0.05, 0.1) is 156 Å². The molecular formula is C85H90F10N30O20S5. The lowest BCUT2D eigenvalue weighted by Gasteiger charge is -2.35. The summed E-state index contributed by atoms with van der Waals surface area (Å²) in [6.45, 7) is 6.03.